The summed E-state index contributed by atoms with van der Waals surface area (Å²) >= 11 is 0. The third-order valence-electron chi connectivity index (χ3n) is 2.74. The lowest BCUT2D eigenvalue weighted by atomic mass is 10.0. The van der Waals surface area contributed by atoms with Crippen molar-refractivity contribution in [1.29, 1.82) is 0 Å². The Labute approximate surface area is 127 Å². The van der Waals surface area contributed by atoms with Crippen molar-refractivity contribution in [3.8, 4) is 16.9 Å². The molecular formula is C15H10F5NO2. The van der Waals surface area contributed by atoms with Crippen LogP contribution >= 0.6 is 0 Å². The molecule has 0 saturated heterocycles. The molecular weight excluding hydrogens is 321 g/mol. The summed E-state index contributed by atoms with van der Waals surface area (Å²) in [7, 11) is 0. The predicted octanol–water partition coefficient (Wildman–Crippen LogP) is 4.49. The Morgan fingerprint density at radius 3 is 2.17 bits per heavy atom. The van der Waals surface area contributed by atoms with Crippen molar-refractivity contribution < 1.29 is 31.5 Å². The molecule has 0 spiro atoms. The molecule has 0 aliphatic rings. The topological polar surface area (TPSA) is 38.3 Å². The third kappa shape index (κ3) is 4.41. The van der Waals surface area contributed by atoms with Gasteiger partial charge in [-0.3, -0.25) is 4.79 Å². The van der Waals surface area contributed by atoms with Crippen LogP contribution in [-0.2, 0) is 4.79 Å². The minimum Gasteiger partial charge on any atom is -0.406 e. The van der Waals surface area contributed by atoms with Crippen LogP contribution in [0.1, 0.15) is 6.92 Å². The molecule has 2 rings (SSSR count). The van der Waals surface area contributed by atoms with E-state index in [4.69, 9.17) is 0 Å². The molecule has 0 heterocycles. The zero-order valence-electron chi connectivity index (χ0n) is 11.7. The highest BCUT2D eigenvalue weighted by molar-refractivity contribution is 5.89. The van der Waals surface area contributed by atoms with Crippen LogP contribution in [0.25, 0.3) is 11.1 Å². The number of ether oxygens (including phenoxy) is 1. The molecule has 122 valence electrons. The molecule has 1 N–H and O–H groups in total. The minimum absolute atomic E-state index is 0.00160. The monoisotopic (exact) mass is 331 g/mol. The molecule has 0 atom stereocenters. The maximum Gasteiger partial charge on any atom is 0.573 e. The molecule has 0 bridgehead atoms. The molecule has 0 unspecified atom stereocenters. The molecule has 2 aromatic carbocycles. The van der Waals surface area contributed by atoms with Gasteiger partial charge in [0.05, 0.1) is 0 Å². The van der Waals surface area contributed by atoms with Crippen LogP contribution < -0.4 is 10.1 Å². The number of hydrogen-bond donors (Lipinski definition) is 1. The summed E-state index contributed by atoms with van der Waals surface area (Å²) in [5.74, 6) is -3.26. The maximum atomic E-state index is 13.9. The number of alkyl halides is 3. The molecule has 8 heteroatoms. The summed E-state index contributed by atoms with van der Waals surface area (Å²) in [5, 5.41) is 2.00. The number of amides is 1. The second-order valence-electron chi connectivity index (χ2n) is 4.57. The number of carbonyl (C=O) groups is 1. The van der Waals surface area contributed by atoms with E-state index in [9.17, 15) is 26.7 Å². The smallest absolute Gasteiger partial charge is 0.406 e. The zero-order chi connectivity index (χ0) is 17.2. The Kier molecular flexibility index (Phi) is 4.53. The van der Waals surface area contributed by atoms with Gasteiger partial charge < -0.3 is 10.1 Å². The highest BCUT2D eigenvalue weighted by Crippen LogP contribution is 2.31. The lowest BCUT2D eigenvalue weighted by Crippen LogP contribution is -2.17. The summed E-state index contributed by atoms with van der Waals surface area (Å²) in [6.07, 6.45) is -4.87. The van der Waals surface area contributed by atoms with Crippen molar-refractivity contribution in [2.75, 3.05) is 5.32 Å². The van der Waals surface area contributed by atoms with E-state index in [0.717, 1.165) is 31.2 Å². The fourth-order valence-corrected chi connectivity index (χ4v) is 1.91. The summed E-state index contributed by atoms with van der Waals surface area (Å²) < 4.78 is 68.1. The number of rotatable bonds is 3. The average Bonchev–Trinajstić information content (AvgIpc) is 2.41. The largest absolute Gasteiger partial charge is 0.573 e. The summed E-state index contributed by atoms with van der Waals surface area (Å²) in [4.78, 5) is 10.9. The molecule has 3 nitrogen and oxygen atoms in total. The Morgan fingerprint density at radius 2 is 1.65 bits per heavy atom. The second kappa shape index (κ2) is 6.23. The van der Waals surface area contributed by atoms with Gasteiger partial charge in [-0.25, -0.2) is 8.78 Å². The Bertz CT molecular complexity index is 720. The number of hydrogen-bond acceptors (Lipinski definition) is 2. The standard InChI is InChI=1S/C15H10F5NO2/c1-8(22)21-14-12(16)6-10(7-13(14)17)9-3-2-4-11(5-9)23-15(18,19)20/h2-7H,1H3,(H,21,22). The van der Waals surface area contributed by atoms with E-state index in [2.05, 4.69) is 4.74 Å². The first kappa shape index (κ1) is 16.7. The number of benzene rings is 2. The molecule has 1 amide bonds. The molecule has 0 radical (unpaired) electrons. The van der Waals surface area contributed by atoms with Crippen molar-refractivity contribution in [3.63, 3.8) is 0 Å². The van der Waals surface area contributed by atoms with Crippen LogP contribution in [-0.4, -0.2) is 12.3 Å². The van der Waals surface area contributed by atoms with Crippen LogP contribution in [0.5, 0.6) is 5.75 Å². The van der Waals surface area contributed by atoms with Gasteiger partial charge in [-0.05, 0) is 35.4 Å². The van der Waals surface area contributed by atoms with E-state index in [1.54, 1.807) is 0 Å². The van der Waals surface area contributed by atoms with E-state index in [1.807, 2.05) is 5.32 Å². The molecule has 0 aliphatic heterocycles. The predicted molar refractivity (Wildman–Crippen MR) is 72.8 cm³/mol. The van der Waals surface area contributed by atoms with Gasteiger partial charge in [0.2, 0.25) is 5.91 Å². The Hall–Kier alpha value is -2.64. The van der Waals surface area contributed by atoms with Gasteiger partial charge in [0.1, 0.15) is 23.1 Å². The first-order valence-electron chi connectivity index (χ1n) is 6.28. The molecule has 0 aromatic heterocycles. The van der Waals surface area contributed by atoms with Crippen LogP contribution in [0.3, 0.4) is 0 Å². The Morgan fingerprint density at radius 1 is 1.04 bits per heavy atom. The van der Waals surface area contributed by atoms with E-state index in [0.29, 0.717) is 0 Å². The normalized spacial score (nSPS) is 11.2. The highest BCUT2D eigenvalue weighted by Gasteiger charge is 2.31. The number of halogens is 5. The minimum atomic E-state index is -4.87. The van der Waals surface area contributed by atoms with Crippen molar-refractivity contribution in [2.24, 2.45) is 0 Å². The first-order chi connectivity index (χ1) is 10.7. The quantitative estimate of drug-likeness (QED) is 0.842. The van der Waals surface area contributed by atoms with Crippen molar-refractivity contribution in [1.82, 2.24) is 0 Å². The maximum absolute atomic E-state index is 13.9. The fourth-order valence-electron chi connectivity index (χ4n) is 1.91. The van der Waals surface area contributed by atoms with Gasteiger partial charge in [0.25, 0.3) is 0 Å². The molecule has 0 aliphatic carbocycles. The third-order valence-corrected chi connectivity index (χ3v) is 2.74. The number of nitrogens with one attached hydrogen (secondary N) is 1. The first-order valence-corrected chi connectivity index (χ1v) is 6.28. The summed E-state index contributed by atoms with van der Waals surface area (Å²) in [5.41, 5.74) is -0.496. The van der Waals surface area contributed by atoms with Crippen LogP contribution in [0.2, 0.25) is 0 Å². The SMILES string of the molecule is CC(=O)Nc1c(F)cc(-c2cccc(OC(F)(F)F)c2)cc1F. The van der Waals surface area contributed by atoms with Gasteiger partial charge in [-0.2, -0.15) is 0 Å². The van der Waals surface area contributed by atoms with Gasteiger partial charge >= 0.3 is 6.36 Å². The molecule has 2 aromatic rings. The van der Waals surface area contributed by atoms with Crippen LogP contribution in [0.4, 0.5) is 27.6 Å². The van der Waals surface area contributed by atoms with Gasteiger partial charge in [-0.15, -0.1) is 13.2 Å². The van der Waals surface area contributed by atoms with Crippen LogP contribution in [0.15, 0.2) is 36.4 Å². The highest BCUT2D eigenvalue weighted by atomic mass is 19.4. The molecule has 23 heavy (non-hydrogen) atoms. The van der Waals surface area contributed by atoms with E-state index < -0.39 is 35.3 Å². The zero-order valence-corrected chi connectivity index (χ0v) is 11.7. The van der Waals surface area contributed by atoms with E-state index in [1.165, 1.54) is 12.1 Å². The second-order valence-corrected chi connectivity index (χ2v) is 4.57. The molecule has 0 fully saturated rings. The van der Waals surface area contributed by atoms with Crippen molar-refractivity contribution >= 4 is 11.6 Å². The lowest BCUT2D eigenvalue weighted by Gasteiger charge is -2.11. The van der Waals surface area contributed by atoms with Gasteiger partial charge in [0.15, 0.2) is 0 Å². The van der Waals surface area contributed by atoms with Gasteiger partial charge in [-0.1, -0.05) is 12.1 Å². The van der Waals surface area contributed by atoms with Crippen LogP contribution in [0, 0.1) is 11.6 Å². The van der Waals surface area contributed by atoms with E-state index >= 15 is 0 Å². The molecule has 0 saturated carbocycles. The average molecular weight is 331 g/mol. The van der Waals surface area contributed by atoms with Gasteiger partial charge in [0, 0.05) is 6.92 Å². The van der Waals surface area contributed by atoms with E-state index in [-0.39, 0.29) is 11.1 Å². The van der Waals surface area contributed by atoms with Crippen molar-refractivity contribution in [2.45, 2.75) is 13.3 Å². The number of anilines is 1. The Balaban J connectivity index is 2.39. The summed E-state index contributed by atoms with van der Waals surface area (Å²) in [6, 6.07) is 6.50. The number of carbonyl (C=O) groups excluding carboxylic acids is 1. The van der Waals surface area contributed by atoms with Crippen molar-refractivity contribution in [3.05, 3.63) is 48.0 Å². The summed E-state index contributed by atoms with van der Waals surface area (Å²) in [6.45, 7) is 1.09. The fraction of sp³-hybridized carbons (Fsp3) is 0.133. The lowest BCUT2D eigenvalue weighted by molar-refractivity contribution is -0.274.